The summed E-state index contributed by atoms with van der Waals surface area (Å²) < 4.78 is 0. The van der Waals surface area contributed by atoms with E-state index in [2.05, 4.69) is 27.7 Å². The van der Waals surface area contributed by atoms with E-state index in [-0.39, 0.29) is 16.9 Å². The summed E-state index contributed by atoms with van der Waals surface area (Å²) in [4.78, 5) is 12.3. The van der Waals surface area contributed by atoms with Gasteiger partial charge in [0.25, 0.3) is 0 Å². The number of hydrogen-bond donors (Lipinski definition) is 1. The molecule has 0 bridgehead atoms. The van der Waals surface area contributed by atoms with Gasteiger partial charge in [-0.3, -0.25) is 4.79 Å². The smallest absolute Gasteiger partial charge is 0.158 e. The molecule has 0 spiro atoms. The second kappa shape index (κ2) is 4.94. The third kappa shape index (κ3) is 1.94. The Balaban J connectivity index is 1.76. The molecule has 0 radical (unpaired) electrons. The lowest BCUT2D eigenvalue weighted by molar-refractivity contribution is -0.120. The Morgan fingerprint density at radius 3 is 2.57 bits per heavy atom. The van der Waals surface area contributed by atoms with Crippen molar-refractivity contribution >= 4 is 5.78 Å². The highest BCUT2D eigenvalue weighted by molar-refractivity contribution is 5.96. The Bertz CT molecular complexity index is 576. The second-order valence-electron chi connectivity index (χ2n) is 9.53. The number of carbonyl (C=O) groups is 1. The maximum atomic E-state index is 12.3. The molecule has 4 rings (SSSR count). The molecule has 0 heterocycles. The number of aliphatic hydroxyl groups is 1. The van der Waals surface area contributed by atoms with Crippen molar-refractivity contribution in [2.75, 3.05) is 0 Å². The Labute approximate surface area is 140 Å². The van der Waals surface area contributed by atoms with Gasteiger partial charge in [0.1, 0.15) is 0 Å². The van der Waals surface area contributed by atoms with Gasteiger partial charge in [-0.15, -0.1) is 0 Å². The van der Waals surface area contributed by atoms with Crippen molar-refractivity contribution in [3.63, 3.8) is 0 Å². The Morgan fingerprint density at radius 1 is 1.09 bits per heavy atom. The summed E-state index contributed by atoms with van der Waals surface area (Å²) in [6.07, 6.45) is 7.54. The topological polar surface area (TPSA) is 37.3 Å². The van der Waals surface area contributed by atoms with Gasteiger partial charge in [-0.2, -0.15) is 0 Å². The molecular weight excluding hydrogens is 284 g/mol. The Hall–Kier alpha value is -0.630. The van der Waals surface area contributed by atoms with Gasteiger partial charge in [-0.1, -0.05) is 26.3 Å². The summed E-state index contributed by atoms with van der Waals surface area (Å²) >= 11 is 0. The minimum Gasteiger partial charge on any atom is -0.393 e. The van der Waals surface area contributed by atoms with Gasteiger partial charge in [0, 0.05) is 6.42 Å². The molecule has 23 heavy (non-hydrogen) atoms. The highest BCUT2D eigenvalue weighted by atomic mass is 16.3. The second-order valence-corrected chi connectivity index (χ2v) is 9.53. The average molecular weight is 316 g/mol. The van der Waals surface area contributed by atoms with E-state index in [0.717, 1.165) is 36.7 Å². The summed E-state index contributed by atoms with van der Waals surface area (Å²) in [7, 11) is 0. The van der Waals surface area contributed by atoms with Crippen LogP contribution in [0.3, 0.4) is 0 Å². The van der Waals surface area contributed by atoms with Crippen LogP contribution >= 0.6 is 0 Å². The fraction of sp³-hybridized carbons (Fsp3) is 0.857. The molecule has 0 aromatic heterocycles. The maximum Gasteiger partial charge on any atom is 0.158 e. The molecule has 0 aliphatic heterocycles. The largest absolute Gasteiger partial charge is 0.393 e. The van der Waals surface area contributed by atoms with Crippen LogP contribution < -0.4 is 0 Å². The summed E-state index contributed by atoms with van der Waals surface area (Å²) in [5.41, 5.74) is 2.97. The molecule has 0 unspecified atom stereocenters. The summed E-state index contributed by atoms with van der Waals surface area (Å²) in [5, 5.41) is 10.6. The van der Waals surface area contributed by atoms with Crippen LogP contribution in [0.4, 0.5) is 0 Å². The van der Waals surface area contributed by atoms with E-state index in [0.29, 0.717) is 17.6 Å². The van der Waals surface area contributed by atoms with Crippen molar-refractivity contribution in [3.8, 4) is 0 Å². The van der Waals surface area contributed by atoms with E-state index >= 15 is 0 Å². The van der Waals surface area contributed by atoms with Crippen molar-refractivity contribution in [2.24, 2.45) is 34.5 Å². The maximum absolute atomic E-state index is 12.3. The highest BCUT2D eigenvalue weighted by Gasteiger charge is 2.60. The van der Waals surface area contributed by atoms with E-state index in [1.165, 1.54) is 31.3 Å². The van der Waals surface area contributed by atoms with E-state index in [9.17, 15) is 9.90 Å². The first-order chi connectivity index (χ1) is 10.8. The normalized spacial score (nSPS) is 52.9. The molecule has 0 amide bonds. The van der Waals surface area contributed by atoms with Crippen LogP contribution in [0.25, 0.3) is 0 Å². The number of fused-ring (bicyclic) bond motifs is 5. The van der Waals surface area contributed by atoms with Gasteiger partial charge in [0.15, 0.2) is 5.78 Å². The summed E-state index contributed by atoms with van der Waals surface area (Å²) in [5.74, 6) is 3.08. The predicted molar refractivity (Wildman–Crippen MR) is 91.9 cm³/mol. The molecule has 4 aliphatic carbocycles. The molecule has 7 atom stereocenters. The van der Waals surface area contributed by atoms with Gasteiger partial charge in [-0.25, -0.2) is 0 Å². The number of hydrogen-bond acceptors (Lipinski definition) is 2. The van der Waals surface area contributed by atoms with Crippen LogP contribution in [0.15, 0.2) is 11.1 Å². The number of ketones is 1. The zero-order valence-corrected chi connectivity index (χ0v) is 15.2. The minimum absolute atomic E-state index is 0.0943. The van der Waals surface area contributed by atoms with Crippen molar-refractivity contribution in [1.29, 1.82) is 0 Å². The lowest BCUT2D eigenvalue weighted by Gasteiger charge is -2.59. The Morgan fingerprint density at radius 2 is 1.83 bits per heavy atom. The van der Waals surface area contributed by atoms with Crippen LogP contribution in [0.5, 0.6) is 0 Å². The van der Waals surface area contributed by atoms with Gasteiger partial charge in [0.2, 0.25) is 0 Å². The fourth-order valence-electron chi connectivity index (χ4n) is 7.50. The number of carbonyl (C=O) groups excluding carboxylic acids is 1. The number of rotatable bonds is 0. The standard InChI is InChI=1S/C21H32O2/c1-12-11-14-15-5-6-18(23)20(15,3)9-7-16(14)21(4)10-8-17(22)13(2)19(12)21/h12,14-16,18,23H,5-11H2,1-4H3/t12-,14+,15+,16+,18+,20+,21-/m1/s1. The first kappa shape index (κ1) is 15.9. The van der Waals surface area contributed by atoms with Gasteiger partial charge in [0.05, 0.1) is 6.10 Å². The first-order valence-electron chi connectivity index (χ1n) is 9.71. The molecule has 2 nitrogen and oxygen atoms in total. The molecule has 2 heteroatoms. The molecule has 0 aromatic rings. The van der Waals surface area contributed by atoms with Crippen LogP contribution in [-0.4, -0.2) is 17.0 Å². The molecule has 0 saturated heterocycles. The van der Waals surface area contributed by atoms with E-state index in [4.69, 9.17) is 0 Å². The number of aliphatic hydroxyl groups excluding tert-OH is 1. The zero-order chi connectivity index (χ0) is 16.6. The van der Waals surface area contributed by atoms with Gasteiger partial charge >= 0.3 is 0 Å². The fourth-order valence-corrected chi connectivity index (χ4v) is 7.50. The van der Waals surface area contributed by atoms with Gasteiger partial charge < -0.3 is 5.11 Å². The van der Waals surface area contributed by atoms with Crippen LogP contribution in [0.2, 0.25) is 0 Å². The van der Waals surface area contributed by atoms with E-state index in [1.54, 1.807) is 0 Å². The monoisotopic (exact) mass is 316 g/mol. The quantitative estimate of drug-likeness (QED) is 0.713. The van der Waals surface area contributed by atoms with Crippen LogP contribution in [0, 0.1) is 34.5 Å². The van der Waals surface area contributed by atoms with Crippen molar-refractivity contribution in [2.45, 2.75) is 78.7 Å². The van der Waals surface area contributed by atoms with Crippen LogP contribution in [-0.2, 0) is 4.79 Å². The minimum atomic E-state index is -0.0943. The summed E-state index contributed by atoms with van der Waals surface area (Å²) in [6.45, 7) is 9.24. The zero-order valence-electron chi connectivity index (χ0n) is 15.2. The number of Topliss-reactive ketones (excluding diaryl/α,β-unsaturated/α-hetero) is 1. The molecule has 4 aliphatic rings. The predicted octanol–water partition coefficient (Wildman–Crippen LogP) is 4.52. The lowest BCUT2D eigenvalue weighted by Crippen LogP contribution is -2.53. The SMILES string of the molecule is CC1=C2[C@H](C)C[C@H]3[C@@H]4CC[C@H](O)[C@@]4(C)CC[C@@H]3[C@@]2(C)CCC1=O. The lowest BCUT2D eigenvalue weighted by atomic mass is 9.45. The van der Waals surface area contributed by atoms with Crippen molar-refractivity contribution in [3.05, 3.63) is 11.1 Å². The van der Waals surface area contributed by atoms with E-state index in [1.807, 2.05) is 0 Å². The molecule has 128 valence electrons. The average Bonchev–Trinajstić information content (AvgIpc) is 2.79. The third-order valence-corrected chi connectivity index (χ3v) is 8.63. The molecule has 1 N–H and O–H groups in total. The van der Waals surface area contributed by atoms with E-state index < -0.39 is 0 Å². The Kier molecular flexibility index (Phi) is 3.41. The third-order valence-electron chi connectivity index (χ3n) is 8.63. The van der Waals surface area contributed by atoms with Crippen molar-refractivity contribution < 1.29 is 9.90 Å². The van der Waals surface area contributed by atoms with Gasteiger partial charge in [-0.05, 0) is 85.5 Å². The molecular formula is C21H32O2. The number of allylic oxidation sites excluding steroid dienone is 1. The van der Waals surface area contributed by atoms with Crippen LogP contribution in [0.1, 0.15) is 72.6 Å². The summed E-state index contributed by atoms with van der Waals surface area (Å²) in [6, 6.07) is 0. The first-order valence-corrected chi connectivity index (χ1v) is 9.71. The van der Waals surface area contributed by atoms with Crippen molar-refractivity contribution in [1.82, 2.24) is 0 Å². The molecule has 3 fully saturated rings. The highest BCUT2D eigenvalue weighted by Crippen LogP contribution is 2.66. The molecule has 0 aromatic carbocycles. The molecule has 3 saturated carbocycles.